The Balaban J connectivity index is 1.88. The highest BCUT2D eigenvalue weighted by atomic mass is 35.5. The van der Waals surface area contributed by atoms with Gasteiger partial charge >= 0.3 is 0 Å². The molecule has 0 saturated heterocycles. The average molecular weight is 274 g/mol. The molecule has 0 atom stereocenters. The van der Waals surface area contributed by atoms with E-state index in [1.807, 2.05) is 55.5 Å². The molecule has 0 unspecified atom stereocenters. The van der Waals surface area contributed by atoms with Crippen LogP contribution in [0.5, 0.6) is 0 Å². The number of anilines is 1. The molecular formula is C16H16ClNO. The fourth-order valence-electron chi connectivity index (χ4n) is 1.90. The van der Waals surface area contributed by atoms with Gasteiger partial charge in [0.1, 0.15) is 0 Å². The summed E-state index contributed by atoms with van der Waals surface area (Å²) >= 11 is 5.90. The molecule has 0 heterocycles. The van der Waals surface area contributed by atoms with Crippen molar-refractivity contribution in [2.75, 3.05) is 11.9 Å². The lowest BCUT2D eigenvalue weighted by atomic mass is 10.1. The van der Waals surface area contributed by atoms with E-state index >= 15 is 0 Å². The molecule has 0 amide bonds. The number of aryl methyl sites for hydroxylation is 1. The Labute approximate surface area is 118 Å². The smallest absolute Gasteiger partial charge is 0.164 e. The first-order chi connectivity index (χ1) is 9.16. The van der Waals surface area contributed by atoms with Gasteiger partial charge in [0.2, 0.25) is 0 Å². The lowest BCUT2D eigenvalue weighted by molar-refractivity contribution is 0.0986. The van der Waals surface area contributed by atoms with Gasteiger partial charge in [-0.25, -0.2) is 0 Å². The minimum Gasteiger partial charge on any atom is -0.384 e. The Bertz CT molecular complexity index is 566. The molecule has 0 aliphatic carbocycles. The molecule has 0 fully saturated rings. The molecule has 2 aromatic carbocycles. The number of hydrogen-bond donors (Lipinski definition) is 1. The monoisotopic (exact) mass is 273 g/mol. The van der Waals surface area contributed by atoms with Crippen molar-refractivity contribution in [3.63, 3.8) is 0 Å². The first-order valence-corrected chi connectivity index (χ1v) is 6.63. The minimum absolute atomic E-state index is 0.153. The molecule has 98 valence electrons. The lowest BCUT2D eigenvalue weighted by Gasteiger charge is -2.09. The SMILES string of the molecule is Cc1cc(Cl)ccc1NCCC(=O)c1ccccc1. The van der Waals surface area contributed by atoms with Gasteiger partial charge in [-0.15, -0.1) is 0 Å². The molecule has 0 radical (unpaired) electrons. The van der Waals surface area contributed by atoms with Gasteiger partial charge in [-0.2, -0.15) is 0 Å². The highest BCUT2D eigenvalue weighted by Gasteiger charge is 2.05. The molecule has 1 N–H and O–H groups in total. The first-order valence-electron chi connectivity index (χ1n) is 6.25. The summed E-state index contributed by atoms with van der Waals surface area (Å²) in [6, 6.07) is 15.0. The van der Waals surface area contributed by atoms with E-state index in [1.165, 1.54) is 0 Å². The molecule has 19 heavy (non-hydrogen) atoms. The van der Waals surface area contributed by atoms with Crippen LogP contribution in [0.1, 0.15) is 22.3 Å². The number of benzene rings is 2. The summed E-state index contributed by atoms with van der Waals surface area (Å²) in [6.45, 7) is 2.61. The minimum atomic E-state index is 0.153. The maximum Gasteiger partial charge on any atom is 0.164 e. The summed E-state index contributed by atoms with van der Waals surface area (Å²) in [5, 5.41) is 3.99. The molecule has 0 aliphatic rings. The van der Waals surface area contributed by atoms with Crippen molar-refractivity contribution in [2.45, 2.75) is 13.3 Å². The predicted molar refractivity (Wildman–Crippen MR) is 80.1 cm³/mol. The molecule has 0 bridgehead atoms. The summed E-state index contributed by atoms with van der Waals surface area (Å²) in [5.41, 5.74) is 2.86. The fourth-order valence-corrected chi connectivity index (χ4v) is 2.13. The Kier molecular flexibility index (Phi) is 4.58. The summed E-state index contributed by atoms with van der Waals surface area (Å²) in [6.07, 6.45) is 0.478. The second-order valence-corrected chi connectivity index (χ2v) is 4.86. The van der Waals surface area contributed by atoms with Gasteiger partial charge in [-0.05, 0) is 30.7 Å². The van der Waals surface area contributed by atoms with E-state index in [-0.39, 0.29) is 5.78 Å². The zero-order chi connectivity index (χ0) is 13.7. The number of carbonyl (C=O) groups excluding carboxylic acids is 1. The Morgan fingerprint density at radius 2 is 1.89 bits per heavy atom. The third-order valence-electron chi connectivity index (χ3n) is 2.95. The van der Waals surface area contributed by atoms with Crippen LogP contribution in [-0.2, 0) is 0 Å². The van der Waals surface area contributed by atoms with Crippen molar-refractivity contribution in [2.24, 2.45) is 0 Å². The van der Waals surface area contributed by atoms with Crippen LogP contribution in [0.15, 0.2) is 48.5 Å². The van der Waals surface area contributed by atoms with Crippen molar-refractivity contribution < 1.29 is 4.79 Å². The van der Waals surface area contributed by atoms with Crippen LogP contribution in [0.25, 0.3) is 0 Å². The van der Waals surface area contributed by atoms with E-state index in [9.17, 15) is 4.79 Å². The average Bonchev–Trinajstić information content (AvgIpc) is 2.42. The number of halogens is 1. The number of nitrogens with one attached hydrogen (secondary N) is 1. The van der Waals surface area contributed by atoms with E-state index in [0.29, 0.717) is 13.0 Å². The van der Waals surface area contributed by atoms with Gasteiger partial charge in [-0.3, -0.25) is 4.79 Å². The number of hydrogen-bond acceptors (Lipinski definition) is 2. The third-order valence-corrected chi connectivity index (χ3v) is 3.19. The van der Waals surface area contributed by atoms with E-state index < -0.39 is 0 Å². The molecular weight excluding hydrogens is 258 g/mol. The number of rotatable bonds is 5. The van der Waals surface area contributed by atoms with Gasteiger partial charge in [-0.1, -0.05) is 41.9 Å². The van der Waals surface area contributed by atoms with Crippen LogP contribution in [-0.4, -0.2) is 12.3 Å². The van der Waals surface area contributed by atoms with E-state index in [4.69, 9.17) is 11.6 Å². The molecule has 0 aromatic heterocycles. The normalized spacial score (nSPS) is 10.2. The third kappa shape index (κ3) is 3.83. The molecule has 2 aromatic rings. The van der Waals surface area contributed by atoms with Gasteiger partial charge < -0.3 is 5.32 Å². The number of Topliss-reactive ketones (excluding diaryl/α,β-unsaturated/α-hetero) is 1. The maximum atomic E-state index is 11.9. The Morgan fingerprint density at radius 3 is 2.58 bits per heavy atom. The number of carbonyl (C=O) groups is 1. The van der Waals surface area contributed by atoms with Crippen molar-refractivity contribution in [1.82, 2.24) is 0 Å². The second kappa shape index (κ2) is 6.39. The van der Waals surface area contributed by atoms with Crippen molar-refractivity contribution in [1.29, 1.82) is 0 Å². The summed E-state index contributed by atoms with van der Waals surface area (Å²) < 4.78 is 0. The van der Waals surface area contributed by atoms with E-state index in [2.05, 4.69) is 5.32 Å². The van der Waals surface area contributed by atoms with Crippen molar-refractivity contribution in [3.8, 4) is 0 Å². The standard InChI is InChI=1S/C16H16ClNO/c1-12-11-14(17)7-8-15(12)18-10-9-16(19)13-5-3-2-4-6-13/h2-8,11,18H,9-10H2,1H3. The quantitative estimate of drug-likeness (QED) is 0.822. The van der Waals surface area contributed by atoms with E-state index in [1.54, 1.807) is 0 Å². The van der Waals surface area contributed by atoms with Crippen LogP contribution in [0, 0.1) is 6.92 Å². The first kappa shape index (κ1) is 13.6. The van der Waals surface area contributed by atoms with Crippen molar-refractivity contribution in [3.05, 3.63) is 64.7 Å². The summed E-state index contributed by atoms with van der Waals surface area (Å²) in [7, 11) is 0. The van der Waals surface area contributed by atoms with Gasteiger partial charge in [0.15, 0.2) is 5.78 Å². The topological polar surface area (TPSA) is 29.1 Å². The highest BCUT2D eigenvalue weighted by molar-refractivity contribution is 6.30. The van der Waals surface area contributed by atoms with Crippen LogP contribution < -0.4 is 5.32 Å². The fraction of sp³-hybridized carbons (Fsp3) is 0.188. The van der Waals surface area contributed by atoms with Gasteiger partial charge in [0.05, 0.1) is 0 Å². The van der Waals surface area contributed by atoms with Gasteiger partial charge in [0.25, 0.3) is 0 Å². The number of ketones is 1. The molecule has 0 aliphatic heterocycles. The van der Waals surface area contributed by atoms with Crippen LogP contribution in [0.2, 0.25) is 5.02 Å². The predicted octanol–water partition coefficient (Wildman–Crippen LogP) is 4.33. The molecule has 3 heteroatoms. The van der Waals surface area contributed by atoms with Crippen LogP contribution in [0.4, 0.5) is 5.69 Å². The Morgan fingerprint density at radius 1 is 1.16 bits per heavy atom. The summed E-state index contributed by atoms with van der Waals surface area (Å²) in [4.78, 5) is 11.9. The van der Waals surface area contributed by atoms with Crippen molar-refractivity contribution >= 4 is 23.1 Å². The molecule has 0 saturated carbocycles. The zero-order valence-electron chi connectivity index (χ0n) is 10.8. The molecule has 2 rings (SSSR count). The highest BCUT2D eigenvalue weighted by Crippen LogP contribution is 2.19. The molecule has 2 nitrogen and oxygen atoms in total. The Hall–Kier alpha value is -1.80. The zero-order valence-corrected chi connectivity index (χ0v) is 11.6. The van der Waals surface area contributed by atoms with Gasteiger partial charge in [0, 0.05) is 29.2 Å². The second-order valence-electron chi connectivity index (χ2n) is 4.43. The van der Waals surface area contributed by atoms with Crippen LogP contribution >= 0.6 is 11.6 Å². The lowest BCUT2D eigenvalue weighted by Crippen LogP contribution is -2.09. The van der Waals surface area contributed by atoms with Crippen LogP contribution in [0.3, 0.4) is 0 Å². The van der Waals surface area contributed by atoms with E-state index in [0.717, 1.165) is 21.8 Å². The largest absolute Gasteiger partial charge is 0.384 e. The summed E-state index contributed by atoms with van der Waals surface area (Å²) in [5.74, 6) is 0.153. The maximum absolute atomic E-state index is 11.9. The molecule has 0 spiro atoms.